The molecule has 0 fully saturated rings. The van der Waals surface area contributed by atoms with Crippen molar-refractivity contribution in [3.8, 4) is 11.3 Å². The second-order valence-corrected chi connectivity index (χ2v) is 4.42. The second kappa shape index (κ2) is 4.27. The minimum absolute atomic E-state index is 0.463. The zero-order valence-electron chi connectivity index (χ0n) is 10.1. The van der Waals surface area contributed by atoms with Gasteiger partial charge in [0, 0.05) is 10.9 Å². The molecule has 1 unspecified atom stereocenters. The predicted octanol–water partition coefficient (Wildman–Crippen LogP) is 3.28. The van der Waals surface area contributed by atoms with Gasteiger partial charge in [0.1, 0.15) is 0 Å². The largest absolute Gasteiger partial charge is 0.389 e. The summed E-state index contributed by atoms with van der Waals surface area (Å²) in [5.74, 6) is 0. The van der Waals surface area contributed by atoms with Crippen LogP contribution >= 0.6 is 0 Å². The van der Waals surface area contributed by atoms with Crippen LogP contribution in [0, 0.1) is 0 Å². The molecular weight excluding hydrogens is 224 g/mol. The quantitative estimate of drug-likeness (QED) is 0.719. The van der Waals surface area contributed by atoms with E-state index in [4.69, 9.17) is 0 Å². The average Bonchev–Trinajstić information content (AvgIpc) is 2.82. The van der Waals surface area contributed by atoms with E-state index in [-0.39, 0.29) is 0 Å². The number of fused-ring (bicyclic) bond motifs is 1. The maximum absolute atomic E-state index is 9.63. The Morgan fingerprint density at radius 1 is 1.11 bits per heavy atom. The molecule has 1 aromatic heterocycles. The van der Waals surface area contributed by atoms with Crippen molar-refractivity contribution >= 4 is 10.9 Å². The molecule has 18 heavy (non-hydrogen) atoms. The molecule has 3 nitrogen and oxygen atoms in total. The van der Waals surface area contributed by atoms with Crippen LogP contribution < -0.4 is 0 Å². The van der Waals surface area contributed by atoms with E-state index in [1.165, 1.54) is 0 Å². The Kier molecular flexibility index (Phi) is 2.61. The Bertz CT molecular complexity index is 686. The average molecular weight is 238 g/mol. The number of nitrogens with one attached hydrogen (secondary N) is 1. The molecule has 0 saturated carbocycles. The van der Waals surface area contributed by atoms with Crippen LogP contribution in [0.1, 0.15) is 18.6 Å². The molecule has 90 valence electrons. The number of para-hydroxylation sites is 1. The molecule has 2 aromatic carbocycles. The summed E-state index contributed by atoms with van der Waals surface area (Å²) in [5, 5.41) is 18.1. The standard InChI is InChI=1S/C15H14N2O/c1-10(18)11-5-4-6-12(9-11)15-13-7-2-3-8-14(13)16-17-15/h2-10,18H,1H3,(H,16,17). The van der Waals surface area contributed by atoms with Gasteiger partial charge >= 0.3 is 0 Å². The van der Waals surface area contributed by atoms with E-state index in [0.717, 1.165) is 27.7 Å². The third kappa shape index (κ3) is 1.79. The Morgan fingerprint density at radius 2 is 1.94 bits per heavy atom. The summed E-state index contributed by atoms with van der Waals surface area (Å²) in [7, 11) is 0. The fourth-order valence-electron chi connectivity index (χ4n) is 2.13. The molecule has 3 heteroatoms. The summed E-state index contributed by atoms with van der Waals surface area (Å²) in [6.45, 7) is 1.77. The summed E-state index contributed by atoms with van der Waals surface area (Å²) in [4.78, 5) is 0. The number of hydrogen-bond donors (Lipinski definition) is 2. The molecule has 0 amide bonds. The fraction of sp³-hybridized carbons (Fsp3) is 0.133. The summed E-state index contributed by atoms with van der Waals surface area (Å²) in [6.07, 6.45) is -0.463. The first-order valence-electron chi connectivity index (χ1n) is 5.97. The number of hydrogen-bond acceptors (Lipinski definition) is 2. The zero-order chi connectivity index (χ0) is 12.5. The van der Waals surface area contributed by atoms with Crippen molar-refractivity contribution in [3.63, 3.8) is 0 Å². The number of H-pyrrole nitrogens is 1. The van der Waals surface area contributed by atoms with Gasteiger partial charge in [-0.15, -0.1) is 0 Å². The lowest BCUT2D eigenvalue weighted by atomic mass is 10.0. The number of aromatic nitrogens is 2. The molecule has 0 aliphatic carbocycles. The summed E-state index contributed by atoms with van der Waals surface area (Å²) in [5.41, 5.74) is 3.87. The second-order valence-electron chi connectivity index (χ2n) is 4.42. The maximum atomic E-state index is 9.63. The van der Waals surface area contributed by atoms with Gasteiger partial charge in [-0.1, -0.05) is 36.4 Å². The van der Waals surface area contributed by atoms with E-state index in [0.29, 0.717) is 0 Å². The van der Waals surface area contributed by atoms with E-state index >= 15 is 0 Å². The lowest BCUT2D eigenvalue weighted by molar-refractivity contribution is 0.199. The number of rotatable bonds is 2. The van der Waals surface area contributed by atoms with Crippen LogP contribution in [0.5, 0.6) is 0 Å². The molecule has 3 rings (SSSR count). The Morgan fingerprint density at radius 3 is 2.78 bits per heavy atom. The van der Waals surface area contributed by atoms with Gasteiger partial charge < -0.3 is 5.11 Å². The lowest BCUT2D eigenvalue weighted by Crippen LogP contribution is -1.91. The van der Waals surface area contributed by atoms with Crippen LogP contribution in [-0.2, 0) is 0 Å². The molecule has 0 aliphatic rings. The topological polar surface area (TPSA) is 48.9 Å². The molecule has 0 spiro atoms. The van der Waals surface area contributed by atoms with Crippen LogP contribution in [0.4, 0.5) is 0 Å². The van der Waals surface area contributed by atoms with Crippen molar-refractivity contribution in [1.29, 1.82) is 0 Å². The van der Waals surface area contributed by atoms with E-state index in [9.17, 15) is 5.11 Å². The highest BCUT2D eigenvalue weighted by Gasteiger charge is 2.09. The molecular formula is C15H14N2O. The molecule has 0 bridgehead atoms. The number of aliphatic hydroxyl groups is 1. The third-order valence-electron chi connectivity index (χ3n) is 3.11. The Labute approximate surface area is 105 Å². The van der Waals surface area contributed by atoms with Gasteiger partial charge in [0.05, 0.1) is 17.3 Å². The van der Waals surface area contributed by atoms with Crippen LogP contribution in [0.25, 0.3) is 22.2 Å². The van der Waals surface area contributed by atoms with Gasteiger partial charge in [-0.2, -0.15) is 5.10 Å². The molecule has 1 atom stereocenters. The minimum Gasteiger partial charge on any atom is -0.389 e. The fourth-order valence-corrected chi connectivity index (χ4v) is 2.13. The van der Waals surface area contributed by atoms with E-state index in [1.807, 2.05) is 48.5 Å². The number of benzene rings is 2. The highest BCUT2D eigenvalue weighted by atomic mass is 16.3. The lowest BCUT2D eigenvalue weighted by Gasteiger charge is -2.06. The van der Waals surface area contributed by atoms with Crippen LogP contribution in [0.15, 0.2) is 48.5 Å². The van der Waals surface area contributed by atoms with Crippen molar-refractivity contribution in [2.24, 2.45) is 0 Å². The highest BCUT2D eigenvalue weighted by molar-refractivity contribution is 5.92. The van der Waals surface area contributed by atoms with Gasteiger partial charge in [0.2, 0.25) is 0 Å². The van der Waals surface area contributed by atoms with Crippen molar-refractivity contribution in [1.82, 2.24) is 10.2 Å². The smallest absolute Gasteiger partial charge is 0.0999 e. The van der Waals surface area contributed by atoms with Crippen molar-refractivity contribution in [3.05, 3.63) is 54.1 Å². The first-order chi connectivity index (χ1) is 8.75. The Hall–Kier alpha value is -2.13. The molecule has 0 radical (unpaired) electrons. The number of nitrogens with zero attached hydrogens (tertiary/aromatic N) is 1. The van der Waals surface area contributed by atoms with E-state index in [2.05, 4.69) is 10.2 Å². The van der Waals surface area contributed by atoms with Crippen LogP contribution in [-0.4, -0.2) is 15.3 Å². The van der Waals surface area contributed by atoms with Crippen LogP contribution in [0.2, 0.25) is 0 Å². The summed E-state index contributed by atoms with van der Waals surface area (Å²) in [6, 6.07) is 15.9. The monoisotopic (exact) mass is 238 g/mol. The first-order valence-corrected chi connectivity index (χ1v) is 5.97. The van der Waals surface area contributed by atoms with Crippen molar-refractivity contribution in [2.45, 2.75) is 13.0 Å². The Balaban J connectivity index is 2.17. The number of aromatic amines is 1. The molecule has 1 heterocycles. The van der Waals surface area contributed by atoms with Gasteiger partial charge in [-0.3, -0.25) is 5.10 Å². The SMILES string of the molecule is CC(O)c1cccc(-c2n[nH]c3ccccc23)c1. The summed E-state index contributed by atoms with van der Waals surface area (Å²) < 4.78 is 0. The van der Waals surface area contributed by atoms with Gasteiger partial charge in [0.25, 0.3) is 0 Å². The van der Waals surface area contributed by atoms with Gasteiger partial charge in [-0.05, 0) is 24.6 Å². The zero-order valence-corrected chi connectivity index (χ0v) is 10.1. The third-order valence-corrected chi connectivity index (χ3v) is 3.11. The highest BCUT2D eigenvalue weighted by Crippen LogP contribution is 2.27. The van der Waals surface area contributed by atoms with Gasteiger partial charge in [0.15, 0.2) is 0 Å². The van der Waals surface area contributed by atoms with Gasteiger partial charge in [-0.25, -0.2) is 0 Å². The van der Waals surface area contributed by atoms with E-state index < -0.39 is 6.10 Å². The number of aliphatic hydroxyl groups excluding tert-OH is 1. The molecule has 0 saturated heterocycles. The van der Waals surface area contributed by atoms with Crippen molar-refractivity contribution < 1.29 is 5.11 Å². The first kappa shape index (κ1) is 11.0. The minimum atomic E-state index is -0.463. The molecule has 0 aliphatic heterocycles. The normalized spacial score (nSPS) is 12.8. The van der Waals surface area contributed by atoms with E-state index in [1.54, 1.807) is 6.92 Å². The maximum Gasteiger partial charge on any atom is 0.0999 e. The molecule has 2 N–H and O–H groups in total. The van der Waals surface area contributed by atoms with Crippen molar-refractivity contribution in [2.75, 3.05) is 0 Å². The predicted molar refractivity (Wildman–Crippen MR) is 72.2 cm³/mol. The molecule has 3 aromatic rings. The van der Waals surface area contributed by atoms with Crippen LogP contribution in [0.3, 0.4) is 0 Å². The summed E-state index contributed by atoms with van der Waals surface area (Å²) >= 11 is 0.